The molecule has 0 aromatic heterocycles. The monoisotopic (exact) mass is 358 g/mol. The molecule has 1 atom stereocenters. The van der Waals surface area contributed by atoms with Crippen molar-refractivity contribution in [1.82, 2.24) is 4.90 Å². The molecule has 0 saturated heterocycles. The second-order valence-electron chi connectivity index (χ2n) is 6.11. The number of amides is 2. The third-order valence-electron chi connectivity index (χ3n) is 4.32. The lowest BCUT2D eigenvalue weighted by atomic mass is 10.0. The van der Waals surface area contributed by atoms with Gasteiger partial charge in [-0.2, -0.15) is 0 Å². The second kappa shape index (κ2) is 7.43. The molecule has 0 radical (unpaired) electrons. The van der Waals surface area contributed by atoms with Crippen LogP contribution in [0.15, 0.2) is 42.5 Å². The van der Waals surface area contributed by atoms with Gasteiger partial charge in [-0.05, 0) is 36.2 Å². The van der Waals surface area contributed by atoms with Crippen LogP contribution in [0.25, 0.3) is 0 Å². The van der Waals surface area contributed by atoms with Gasteiger partial charge in [-0.25, -0.2) is 4.39 Å². The van der Waals surface area contributed by atoms with Crippen LogP contribution in [0.3, 0.4) is 0 Å². The van der Waals surface area contributed by atoms with Gasteiger partial charge in [-0.3, -0.25) is 9.59 Å². The van der Waals surface area contributed by atoms with Crippen LogP contribution in [0.5, 0.6) is 11.5 Å². The molecule has 1 heterocycles. The minimum Gasteiger partial charge on any atom is -0.454 e. The van der Waals surface area contributed by atoms with Gasteiger partial charge in [0.25, 0.3) is 5.91 Å². The summed E-state index contributed by atoms with van der Waals surface area (Å²) in [5.41, 5.74) is 6.51. The maximum atomic E-state index is 13.1. The predicted octanol–water partition coefficient (Wildman–Crippen LogP) is 2.11. The number of carbonyl (C=O) groups excluding carboxylic acids is 2. The summed E-state index contributed by atoms with van der Waals surface area (Å²) in [7, 11) is 1.61. The third kappa shape index (κ3) is 3.77. The molecule has 0 aliphatic carbocycles. The predicted molar refractivity (Wildman–Crippen MR) is 92.4 cm³/mol. The molecule has 7 heteroatoms. The van der Waals surface area contributed by atoms with Gasteiger partial charge >= 0.3 is 0 Å². The van der Waals surface area contributed by atoms with E-state index >= 15 is 0 Å². The first-order valence-electron chi connectivity index (χ1n) is 8.14. The van der Waals surface area contributed by atoms with Crippen LogP contribution < -0.4 is 15.2 Å². The molecule has 2 N–H and O–H groups in total. The zero-order chi connectivity index (χ0) is 18.7. The summed E-state index contributed by atoms with van der Waals surface area (Å²) < 4.78 is 23.8. The number of primary amides is 1. The molecular weight excluding hydrogens is 339 g/mol. The summed E-state index contributed by atoms with van der Waals surface area (Å²) in [6.07, 6.45) is 0.365. The molecule has 2 aromatic rings. The summed E-state index contributed by atoms with van der Waals surface area (Å²) in [6, 6.07) is 10.5. The fourth-order valence-corrected chi connectivity index (χ4v) is 2.93. The van der Waals surface area contributed by atoms with E-state index < -0.39 is 11.9 Å². The Labute approximate surface area is 150 Å². The fraction of sp³-hybridized carbons (Fsp3) is 0.263. The molecule has 1 aliphatic rings. The summed E-state index contributed by atoms with van der Waals surface area (Å²) in [5, 5.41) is 0. The van der Waals surface area contributed by atoms with Crippen LogP contribution in [0.4, 0.5) is 4.39 Å². The molecule has 0 saturated carbocycles. The fourth-order valence-electron chi connectivity index (χ4n) is 2.93. The number of para-hydroxylation sites is 1. The van der Waals surface area contributed by atoms with E-state index in [0.29, 0.717) is 23.5 Å². The van der Waals surface area contributed by atoms with Gasteiger partial charge < -0.3 is 20.1 Å². The van der Waals surface area contributed by atoms with E-state index in [4.69, 9.17) is 15.2 Å². The van der Waals surface area contributed by atoms with Crippen LogP contribution in [0.2, 0.25) is 0 Å². The van der Waals surface area contributed by atoms with Gasteiger partial charge in [-0.1, -0.05) is 18.2 Å². The topological polar surface area (TPSA) is 81.9 Å². The maximum Gasteiger partial charge on any atom is 0.257 e. The molecule has 2 aromatic carbocycles. The number of likely N-dealkylation sites (N-methyl/N-ethyl adjacent to an activating group) is 1. The lowest BCUT2D eigenvalue weighted by Gasteiger charge is -2.28. The van der Waals surface area contributed by atoms with E-state index in [1.165, 1.54) is 17.0 Å². The number of hydrogen-bond donors (Lipinski definition) is 1. The third-order valence-corrected chi connectivity index (χ3v) is 4.32. The van der Waals surface area contributed by atoms with Crippen molar-refractivity contribution in [3.8, 4) is 11.5 Å². The van der Waals surface area contributed by atoms with Gasteiger partial charge in [0.2, 0.25) is 12.7 Å². The molecular formula is C19H19FN2O4. The van der Waals surface area contributed by atoms with Crippen LogP contribution in [-0.2, 0) is 11.2 Å². The van der Waals surface area contributed by atoms with Gasteiger partial charge in [0.15, 0.2) is 11.5 Å². The molecule has 3 rings (SSSR count). The van der Waals surface area contributed by atoms with Crippen molar-refractivity contribution >= 4 is 11.8 Å². The first-order valence-corrected chi connectivity index (χ1v) is 8.14. The van der Waals surface area contributed by atoms with Crippen molar-refractivity contribution < 1.29 is 23.5 Å². The molecule has 2 amide bonds. The number of hydrogen-bond acceptors (Lipinski definition) is 4. The standard InChI is InChI=1S/C19H19FN2O4/c1-22(19(24)15-3-2-4-16-18(15)26-11-25-16)14(10-17(21)23)9-12-5-7-13(20)8-6-12/h2-8,14H,9-11H2,1H3,(H2,21,23). The van der Waals surface area contributed by atoms with Crippen molar-refractivity contribution in [1.29, 1.82) is 0 Å². The largest absolute Gasteiger partial charge is 0.454 e. The molecule has 136 valence electrons. The van der Waals surface area contributed by atoms with Crippen LogP contribution in [-0.4, -0.2) is 36.6 Å². The Balaban J connectivity index is 1.84. The molecule has 26 heavy (non-hydrogen) atoms. The number of carbonyl (C=O) groups is 2. The lowest BCUT2D eigenvalue weighted by molar-refractivity contribution is -0.118. The quantitative estimate of drug-likeness (QED) is 0.857. The number of rotatable bonds is 6. The Morgan fingerprint density at radius 3 is 2.62 bits per heavy atom. The van der Waals surface area contributed by atoms with Gasteiger partial charge in [0, 0.05) is 19.5 Å². The molecule has 1 unspecified atom stereocenters. The molecule has 0 bridgehead atoms. The highest BCUT2D eigenvalue weighted by molar-refractivity contribution is 5.98. The van der Waals surface area contributed by atoms with Crippen molar-refractivity contribution in [3.05, 3.63) is 59.4 Å². The zero-order valence-electron chi connectivity index (χ0n) is 14.3. The van der Waals surface area contributed by atoms with E-state index in [9.17, 15) is 14.0 Å². The van der Waals surface area contributed by atoms with E-state index in [0.717, 1.165) is 5.56 Å². The summed E-state index contributed by atoms with van der Waals surface area (Å²) in [5.74, 6) is -0.268. The van der Waals surface area contributed by atoms with E-state index in [-0.39, 0.29) is 24.9 Å². The summed E-state index contributed by atoms with van der Waals surface area (Å²) in [6.45, 7) is 0.0592. The van der Waals surface area contributed by atoms with Crippen molar-refractivity contribution in [2.45, 2.75) is 18.9 Å². The Morgan fingerprint density at radius 2 is 1.92 bits per heavy atom. The summed E-state index contributed by atoms with van der Waals surface area (Å²) >= 11 is 0. The van der Waals surface area contributed by atoms with E-state index in [1.54, 1.807) is 37.4 Å². The Kier molecular flexibility index (Phi) is 5.06. The highest BCUT2D eigenvalue weighted by Gasteiger charge is 2.28. The second-order valence-corrected chi connectivity index (χ2v) is 6.11. The SMILES string of the molecule is CN(C(=O)c1cccc2c1OCO2)C(CC(N)=O)Cc1ccc(F)cc1. The molecule has 1 aliphatic heterocycles. The number of fused-ring (bicyclic) bond motifs is 1. The van der Waals surface area contributed by atoms with Crippen LogP contribution >= 0.6 is 0 Å². The molecule has 0 fully saturated rings. The zero-order valence-corrected chi connectivity index (χ0v) is 14.3. The van der Waals surface area contributed by atoms with Gasteiger partial charge in [0.1, 0.15) is 5.82 Å². The Morgan fingerprint density at radius 1 is 1.19 bits per heavy atom. The highest BCUT2D eigenvalue weighted by atomic mass is 19.1. The molecule has 0 spiro atoms. The Hall–Kier alpha value is -3.09. The average molecular weight is 358 g/mol. The van der Waals surface area contributed by atoms with Crippen molar-refractivity contribution in [2.24, 2.45) is 5.73 Å². The van der Waals surface area contributed by atoms with Crippen molar-refractivity contribution in [2.75, 3.05) is 13.8 Å². The lowest BCUT2D eigenvalue weighted by Crippen LogP contribution is -2.41. The Bertz CT molecular complexity index is 823. The normalized spacial score (nSPS) is 13.3. The van der Waals surface area contributed by atoms with Gasteiger partial charge in [0.05, 0.1) is 5.56 Å². The highest BCUT2D eigenvalue weighted by Crippen LogP contribution is 2.36. The van der Waals surface area contributed by atoms with Crippen LogP contribution in [0.1, 0.15) is 22.3 Å². The first kappa shape index (κ1) is 17.7. The minimum atomic E-state index is -0.519. The number of nitrogens with zero attached hydrogens (tertiary/aromatic N) is 1. The number of benzene rings is 2. The summed E-state index contributed by atoms with van der Waals surface area (Å²) in [4.78, 5) is 25.9. The first-order chi connectivity index (χ1) is 12.5. The van der Waals surface area contributed by atoms with Crippen LogP contribution in [0, 0.1) is 5.82 Å². The number of ether oxygens (including phenoxy) is 2. The number of nitrogens with two attached hydrogens (primary N) is 1. The van der Waals surface area contributed by atoms with Crippen molar-refractivity contribution in [3.63, 3.8) is 0 Å². The van der Waals surface area contributed by atoms with E-state index in [1.807, 2.05) is 0 Å². The average Bonchev–Trinajstić information content (AvgIpc) is 3.10. The smallest absolute Gasteiger partial charge is 0.257 e. The van der Waals surface area contributed by atoms with Gasteiger partial charge in [-0.15, -0.1) is 0 Å². The number of halogens is 1. The maximum absolute atomic E-state index is 13.1. The minimum absolute atomic E-state index is 0.00794. The molecule has 6 nitrogen and oxygen atoms in total. The van der Waals surface area contributed by atoms with E-state index in [2.05, 4.69) is 0 Å².